The molecule has 0 heterocycles. The Morgan fingerprint density at radius 3 is 2.00 bits per heavy atom. The first-order valence-electron chi connectivity index (χ1n) is 2.67. The number of rotatable bonds is 1. The first-order valence-corrected chi connectivity index (χ1v) is 3.67. The molecule has 0 radical (unpaired) electrons. The molecule has 0 atom stereocenters. The molecule has 0 saturated heterocycles. The molecule has 0 spiro atoms. The van der Waals surface area contributed by atoms with E-state index in [1.807, 2.05) is 6.92 Å². The van der Waals surface area contributed by atoms with Gasteiger partial charge in [0.15, 0.2) is 0 Å². The van der Waals surface area contributed by atoms with Gasteiger partial charge in [0.2, 0.25) is 0 Å². The number of nitrogens with zero attached hydrogens (tertiary/aromatic N) is 1. The molecule has 0 aromatic carbocycles. The Morgan fingerprint density at radius 1 is 1.62 bits per heavy atom. The van der Waals surface area contributed by atoms with Crippen molar-refractivity contribution < 1.29 is 5.21 Å². The highest BCUT2D eigenvalue weighted by Crippen LogP contribution is 2.19. The Morgan fingerprint density at radius 2 is 2.00 bits per heavy atom. The molecule has 0 aliphatic rings. The number of hydrogen-bond acceptors (Lipinski definition) is 2. The molecule has 0 fully saturated rings. The highest BCUT2D eigenvalue weighted by Gasteiger charge is 2.13. The minimum absolute atomic E-state index is 0.148. The first-order chi connectivity index (χ1) is 3.48. The van der Waals surface area contributed by atoms with Crippen molar-refractivity contribution in [3.8, 4) is 0 Å². The van der Waals surface area contributed by atoms with Crippen LogP contribution in [-0.4, -0.2) is 21.2 Å². The highest BCUT2D eigenvalue weighted by atomic mass is 28.1. The lowest BCUT2D eigenvalue weighted by Gasteiger charge is -2.15. The smallest absolute Gasteiger partial charge is 0.0559 e. The van der Waals surface area contributed by atoms with Crippen molar-refractivity contribution in [1.82, 2.24) is 0 Å². The maximum Gasteiger partial charge on any atom is 0.0559 e. The fraction of sp³-hybridized carbons (Fsp3) is 0.800. The molecule has 0 amide bonds. The van der Waals surface area contributed by atoms with Gasteiger partial charge in [-0.2, -0.15) is 0 Å². The third kappa shape index (κ3) is 2.11. The molecule has 3 heteroatoms. The van der Waals surface area contributed by atoms with Crippen LogP contribution in [0.1, 0.15) is 20.8 Å². The van der Waals surface area contributed by atoms with Crippen molar-refractivity contribution in [1.29, 1.82) is 0 Å². The normalized spacial score (nSPS) is 14.6. The second kappa shape index (κ2) is 2.30. The summed E-state index contributed by atoms with van der Waals surface area (Å²) in [6, 6.07) is 0. The molecule has 0 aromatic rings. The van der Waals surface area contributed by atoms with Gasteiger partial charge in [0.25, 0.3) is 0 Å². The highest BCUT2D eigenvalue weighted by molar-refractivity contribution is 6.28. The molecule has 48 valence electrons. The molecule has 0 aliphatic heterocycles. The molecular formula is C5H13NOSi. The van der Waals surface area contributed by atoms with Crippen LogP contribution in [0.2, 0.25) is 5.04 Å². The summed E-state index contributed by atoms with van der Waals surface area (Å²) in [5.74, 6) is 0. The van der Waals surface area contributed by atoms with E-state index in [9.17, 15) is 0 Å². The summed E-state index contributed by atoms with van der Waals surface area (Å²) in [4.78, 5) is 0. The lowest BCUT2D eigenvalue weighted by atomic mass is 10.1. The van der Waals surface area contributed by atoms with Crippen LogP contribution in [-0.2, 0) is 0 Å². The quantitative estimate of drug-likeness (QED) is 0.237. The van der Waals surface area contributed by atoms with Gasteiger partial charge < -0.3 is 5.21 Å². The average molecular weight is 131 g/mol. The first kappa shape index (κ1) is 7.69. The fourth-order valence-corrected chi connectivity index (χ4v) is 0.250. The zero-order valence-electron chi connectivity index (χ0n) is 5.89. The topological polar surface area (TPSA) is 32.6 Å². The molecule has 0 unspecified atom stereocenters. The van der Waals surface area contributed by atoms with Crippen LogP contribution in [0.3, 0.4) is 0 Å². The van der Waals surface area contributed by atoms with Gasteiger partial charge in [-0.25, -0.2) is 0 Å². The fourth-order valence-electron chi connectivity index (χ4n) is 0.150. The molecule has 0 aliphatic carbocycles. The Hall–Kier alpha value is -0.313. The summed E-state index contributed by atoms with van der Waals surface area (Å²) in [7, 11) is 1.03. The maximum atomic E-state index is 8.28. The van der Waals surface area contributed by atoms with E-state index in [0.29, 0.717) is 0 Å². The summed E-state index contributed by atoms with van der Waals surface area (Å²) in [6.07, 6.45) is 0. The van der Waals surface area contributed by atoms with Gasteiger partial charge in [-0.15, -0.1) is 0 Å². The van der Waals surface area contributed by atoms with Crippen LogP contribution < -0.4 is 0 Å². The van der Waals surface area contributed by atoms with Crippen molar-refractivity contribution in [3.05, 3.63) is 0 Å². The Kier molecular flexibility index (Phi) is 2.21. The maximum absolute atomic E-state index is 8.28. The molecule has 1 N–H and O–H groups in total. The molecule has 0 rings (SSSR count). The molecule has 8 heavy (non-hydrogen) atoms. The second-order valence-electron chi connectivity index (χ2n) is 2.94. The van der Waals surface area contributed by atoms with Crippen LogP contribution in [0.25, 0.3) is 0 Å². The van der Waals surface area contributed by atoms with E-state index in [-0.39, 0.29) is 5.04 Å². The summed E-state index contributed by atoms with van der Waals surface area (Å²) in [5.41, 5.74) is 0.823. The lowest BCUT2D eigenvalue weighted by molar-refractivity contribution is 0.316. The van der Waals surface area contributed by atoms with Crippen molar-refractivity contribution in [2.45, 2.75) is 25.8 Å². The van der Waals surface area contributed by atoms with Gasteiger partial charge in [-0.05, 0) is 12.0 Å². The van der Waals surface area contributed by atoms with Gasteiger partial charge >= 0.3 is 0 Å². The van der Waals surface area contributed by atoms with Crippen LogP contribution in [0, 0.1) is 0 Å². The minimum atomic E-state index is 0.148. The minimum Gasteiger partial charge on any atom is -0.411 e. The van der Waals surface area contributed by atoms with E-state index < -0.39 is 0 Å². The van der Waals surface area contributed by atoms with Gasteiger partial charge in [0, 0.05) is 10.2 Å². The van der Waals surface area contributed by atoms with E-state index in [0.717, 1.165) is 16.0 Å². The predicted octanol–water partition coefficient (Wildman–Crippen LogP) is 0.400. The zero-order chi connectivity index (χ0) is 6.78. The largest absolute Gasteiger partial charge is 0.411 e. The third-order valence-electron chi connectivity index (χ3n) is 1.24. The second-order valence-corrected chi connectivity index (χ2v) is 5.44. The van der Waals surface area contributed by atoms with Crippen molar-refractivity contribution >= 4 is 16.0 Å². The van der Waals surface area contributed by atoms with Crippen LogP contribution in [0.5, 0.6) is 0 Å². The molecule has 0 saturated carbocycles. The van der Waals surface area contributed by atoms with Crippen LogP contribution in [0.4, 0.5) is 0 Å². The molecule has 2 nitrogen and oxygen atoms in total. The van der Waals surface area contributed by atoms with Gasteiger partial charge in [-0.1, -0.05) is 19.0 Å². The van der Waals surface area contributed by atoms with Crippen LogP contribution >= 0.6 is 0 Å². The molecule has 0 bridgehead atoms. The van der Waals surface area contributed by atoms with Crippen LogP contribution in [0.15, 0.2) is 5.16 Å². The molecule has 0 aromatic heterocycles. The van der Waals surface area contributed by atoms with E-state index >= 15 is 0 Å². The number of hydrogen-bond donors (Lipinski definition) is 1. The monoisotopic (exact) mass is 131 g/mol. The van der Waals surface area contributed by atoms with Crippen molar-refractivity contribution in [3.63, 3.8) is 0 Å². The van der Waals surface area contributed by atoms with Crippen molar-refractivity contribution in [2.24, 2.45) is 5.16 Å². The van der Waals surface area contributed by atoms with E-state index in [1.165, 1.54) is 0 Å². The summed E-state index contributed by atoms with van der Waals surface area (Å²) in [6.45, 7) is 5.97. The lowest BCUT2D eigenvalue weighted by Crippen LogP contribution is -2.13. The van der Waals surface area contributed by atoms with E-state index in [1.54, 1.807) is 0 Å². The van der Waals surface area contributed by atoms with Crippen molar-refractivity contribution in [2.75, 3.05) is 0 Å². The Bertz CT molecular complexity index is 103. The molecular weight excluding hydrogens is 118 g/mol. The number of oxime groups is 1. The average Bonchev–Trinajstić information content (AvgIpc) is 1.62. The summed E-state index contributed by atoms with van der Waals surface area (Å²) in [5, 5.41) is 11.5. The van der Waals surface area contributed by atoms with Gasteiger partial charge in [0.1, 0.15) is 0 Å². The van der Waals surface area contributed by atoms with E-state index in [2.05, 4.69) is 19.0 Å². The Balaban J connectivity index is 4.03. The standard InChI is InChI=1S/C5H13NOSi/c1-4(6-7)5(2,3)8/h7H,1-3,8H3. The van der Waals surface area contributed by atoms with Gasteiger partial charge in [-0.3, -0.25) is 0 Å². The SMILES string of the molecule is CC(=NO)C(C)(C)[SiH3]. The third-order valence-corrected chi connectivity index (χ3v) is 1.96. The summed E-state index contributed by atoms with van der Waals surface area (Å²) < 4.78 is 0. The zero-order valence-corrected chi connectivity index (χ0v) is 7.89. The predicted molar refractivity (Wildman–Crippen MR) is 38.9 cm³/mol. The summed E-state index contributed by atoms with van der Waals surface area (Å²) >= 11 is 0. The van der Waals surface area contributed by atoms with Gasteiger partial charge in [0.05, 0.1) is 5.71 Å². The van der Waals surface area contributed by atoms with E-state index in [4.69, 9.17) is 5.21 Å². The Labute approximate surface area is 53.0 Å².